The summed E-state index contributed by atoms with van der Waals surface area (Å²) in [5, 5.41) is 4.25. The Labute approximate surface area is 152 Å². The number of rotatable bonds is 2. The largest absolute Gasteiger partial charge is 0.298 e. The van der Waals surface area contributed by atoms with Crippen LogP contribution in [0.25, 0.3) is 0 Å². The highest BCUT2D eigenvalue weighted by atomic mass is 15.1. The second-order valence-electron chi connectivity index (χ2n) is 8.14. The fourth-order valence-corrected chi connectivity index (χ4v) is 5.18. The van der Waals surface area contributed by atoms with Gasteiger partial charge in [-0.25, -0.2) is 0 Å². The summed E-state index contributed by atoms with van der Waals surface area (Å²) in [7, 11) is 0. The van der Waals surface area contributed by atoms with Crippen molar-refractivity contribution in [3.8, 4) is 0 Å². The van der Waals surface area contributed by atoms with Crippen LogP contribution in [0.5, 0.6) is 0 Å². The van der Waals surface area contributed by atoms with Crippen LogP contribution in [0, 0.1) is 0 Å². The Morgan fingerprint density at radius 2 is 0.880 bits per heavy atom. The van der Waals surface area contributed by atoms with Gasteiger partial charge < -0.3 is 0 Å². The van der Waals surface area contributed by atoms with Crippen molar-refractivity contribution in [3.63, 3.8) is 0 Å². The molecule has 0 aliphatic carbocycles. The topological polar surface area (TPSA) is 12.0 Å². The minimum Gasteiger partial charge on any atom is -0.298 e. The van der Waals surface area contributed by atoms with Gasteiger partial charge in [0.05, 0.1) is 0 Å². The van der Waals surface area contributed by atoms with Gasteiger partial charge in [-0.05, 0) is 36.8 Å². The van der Waals surface area contributed by atoms with Crippen LogP contribution in [0.3, 0.4) is 0 Å². The molecule has 2 aliphatic rings. The van der Waals surface area contributed by atoms with Crippen LogP contribution in [0.15, 0.2) is 60.7 Å². The van der Waals surface area contributed by atoms with Gasteiger partial charge >= 0.3 is 0 Å². The molecule has 2 aromatic carbocycles. The Balaban J connectivity index is 1.73. The van der Waals surface area contributed by atoms with Crippen molar-refractivity contribution in [2.24, 2.45) is 0 Å². The van der Waals surface area contributed by atoms with Crippen LogP contribution in [-0.4, -0.2) is 0 Å². The van der Waals surface area contributed by atoms with Gasteiger partial charge in [0.2, 0.25) is 0 Å². The third-order valence-corrected chi connectivity index (χ3v) is 6.57. The minimum atomic E-state index is 0.154. The van der Waals surface area contributed by atoms with Crippen LogP contribution >= 0.6 is 0 Å². The molecular weight excluding hydrogens is 302 g/mol. The normalized spacial score (nSPS) is 30.6. The SMILES string of the molecule is c1ccc(C23CCCCCCCCC(c4ccccc4)(CC2)N3)cc1. The first kappa shape index (κ1) is 16.8. The van der Waals surface area contributed by atoms with E-state index in [4.69, 9.17) is 0 Å². The smallest absolute Gasteiger partial charge is 0.0442 e. The number of nitrogens with one attached hydrogen (secondary N) is 1. The van der Waals surface area contributed by atoms with Crippen LogP contribution in [0.2, 0.25) is 0 Å². The van der Waals surface area contributed by atoms with Crippen LogP contribution < -0.4 is 5.32 Å². The van der Waals surface area contributed by atoms with E-state index in [0.29, 0.717) is 0 Å². The lowest BCUT2D eigenvalue weighted by molar-refractivity contribution is 0.262. The zero-order valence-corrected chi connectivity index (χ0v) is 15.3. The minimum absolute atomic E-state index is 0.154. The van der Waals surface area contributed by atoms with Crippen molar-refractivity contribution in [3.05, 3.63) is 71.8 Å². The van der Waals surface area contributed by atoms with Gasteiger partial charge in [-0.1, -0.05) is 99.2 Å². The van der Waals surface area contributed by atoms with E-state index in [1.165, 1.54) is 75.3 Å². The highest BCUT2D eigenvalue weighted by Crippen LogP contribution is 2.48. The molecule has 0 saturated carbocycles. The Hall–Kier alpha value is -1.60. The molecule has 2 unspecified atom stereocenters. The summed E-state index contributed by atoms with van der Waals surface area (Å²) in [4.78, 5) is 0. The summed E-state index contributed by atoms with van der Waals surface area (Å²) in [6.45, 7) is 0. The lowest BCUT2D eigenvalue weighted by Crippen LogP contribution is -2.47. The lowest BCUT2D eigenvalue weighted by atomic mass is 9.82. The number of hydrogen-bond acceptors (Lipinski definition) is 1. The molecule has 0 aromatic heterocycles. The van der Waals surface area contributed by atoms with Gasteiger partial charge in [-0.15, -0.1) is 0 Å². The van der Waals surface area contributed by atoms with E-state index in [0.717, 1.165) is 0 Å². The first-order valence-electron chi connectivity index (χ1n) is 10.2. The average molecular weight is 334 g/mol. The van der Waals surface area contributed by atoms with E-state index in [9.17, 15) is 0 Å². The number of benzene rings is 2. The Morgan fingerprint density at radius 3 is 1.32 bits per heavy atom. The maximum absolute atomic E-state index is 4.25. The Morgan fingerprint density at radius 1 is 0.480 bits per heavy atom. The molecule has 25 heavy (non-hydrogen) atoms. The van der Waals surface area contributed by atoms with Gasteiger partial charge in [-0.3, -0.25) is 5.32 Å². The van der Waals surface area contributed by atoms with E-state index < -0.39 is 0 Å². The van der Waals surface area contributed by atoms with Crippen molar-refractivity contribution in [1.82, 2.24) is 5.32 Å². The lowest BCUT2D eigenvalue weighted by Gasteiger charge is -2.37. The molecule has 2 fully saturated rings. The molecule has 2 heterocycles. The Bertz CT molecular complexity index is 606. The molecule has 2 bridgehead atoms. The van der Waals surface area contributed by atoms with Crippen molar-refractivity contribution < 1.29 is 0 Å². The zero-order chi connectivity index (χ0) is 17.0. The van der Waals surface area contributed by atoms with Crippen molar-refractivity contribution in [1.29, 1.82) is 0 Å². The zero-order valence-electron chi connectivity index (χ0n) is 15.3. The average Bonchev–Trinajstić information content (AvgIpc) is 3.04. The summed E-state index contributed by atoms with van der Waals surface area (Å²) in [6.07, 6.45) is 13.3. The quantitative estimate of drug-likeness (QED) is 0.680. The van der Waals surface area contributed by atoms with Crippen LogP contribution in [-0.2, 0) is 11.1 Å². The molecule has 1 N–H and O–H groups in total. The molecule has 1 heteroatoms. The van der Waals surface area contributed by atoms with E-state index in [1.807, 2.05) is 0 Å². The van der Waals surface area contributed by atoms with Gasteiger partial charge in [-0.2, -0.15) is 0 Å². The monoisotopic (exact) mass is 333 g/mol. The molecule has 0 spiro atoms. The van der Waals surface area contributed by atoms with Crippen LogP contribution in [0.4, 0.5) is 0 Å². The molecule has 0 amide bonds. The predicted molar refractivity (Wildman–Crippen MR) is 106 cm³/mol. The molecular formula is C24H31N. The maximum Gasteiger partial charge on any atom is 0.0442 e. The van der Waals surface area contributed by atoms with E-state index >= 15 is 0 Å². The highest BCUT2D eigenvalue weighted by molar-refractivity contribution is 5.33. The Kier molecular flexibility index (Phi) is 4.94. The van der Waals surface area contributed by atoms with E-state index in [1.54, 1.807) is 0 Å². The molecule has 1 nitrogen and oxygen atoms in total. The van der Waals surface area contributed by atoms with Crippen molar-refractivity contribution in [2.75, 3.05) is 0 Å². The second-order valence-corrected chi connectivity index (χ2v) is 8.14. The van der Waals surface area contributed by atoms with E-state index in [2.05, 4.69) is 66.0 Å². The standard InChI is InChI=1S/C24H31N/c1-2-4-12-18-24(22-15-9-6-10-16-22)20-19-23(25-24,17-11-3-1)21-13-7-5-8-14-21/h5-10,13-16,25H,1-4,11-12,17-20H2. The number of fused-ring (bicyclic) bond motifs is 2. The fraction of sp³-hybridized carbons (Fsp3) is 0.500. The second kappa shape index (κ2) is 7.33. The van der Waals surface area contributed by atoms with Crippen molar-refractivity contribution >= 4 is 0 Å². The van der Waals surface area contributed by atoms with E-state index in [-0.39, 0.29) is 11.1 Å². The first-order valence-corrected chi connectivity index (χ1v) is 10.2. The summed E-state index contributed by atoms with van der Waals surface area (Å²) >= 11 is 0. The third kappa shape index (κ3) is 3.40. The van der Waals surface area contributed by atoms with Gasteiger partial charge in [0.25, 0.3) is 0 Å². The summed E-state index contributed by atoms with van der Waals surface area (Å²) in [5.41, 5.74) is 3.29. The molecule has 2 saturated heterocycles. The van der Waals surface area contributed by atoms with Gasteiger partial charge in [0, 0.05) is 11.1 Å². The first-order chi connectivity index (χ1) is 12.3. The highest BCUT2D eigenvalue weighted by Gasteiger charge is 2.48. The predicted octanol–water partition coefficient (Wildman–Crippen LogP) is 6.30. The summed E-state index contributed by atoms with van der Waals surface area (Å²) in [5.74, 6) is 0. The summed E-state index contributed by atoms with van der Waals surface area (Å²) < 4.78 is 0. The number of hydrogen-bond donors (Lipinski definition) is 1. The fourth-order valence-electron chi connectivity index (χ4n) is 5.18. The molecule has 2 aromatic rings. The molecule has 2 aliphatic heterocycles. The third-order valence-electron chi connectivity index (χ3n) is 6.57. The molecule has 4 rings (SSSR count). The van der Waals surface area contributed by atoms with Crippen LogP contribution in [0.1, 0.15) is 75.3 Å². The summed E-state index contributed by atoms with van der Waals surface area (Å²) in [6, 6.07) is 22.5. The van der Waals surface area contributed by atoms with Gasteiger partial charge in [0.15, 0.2) is 0 Å². The van der Waals surface area contributed by atoms with Crippen molar-refractivity contribution in [2.45, 2.75) is 75.3 Å². The van der Waals surface area contributed by atoms with Gasteiger partial charge in [0.1, 0.15) is 0 Å². The maximum atomic E-state index is 4.25. The molecule has 2 atom stereocenters. The molecule has 0 radical (unpaired) electrons. The molecule has 132 valence electrons.